The number of hydrogen-bond donors (Lipinski definition) is 1. The Morgan fingerprint density at radius 1 is 1.07 bits per heavy atom. The summed E-state index contributed by atoms with van der Waals surface area (Å²) >= 11 is 12.4. The number of likely N-dealkylation sites (tertiary alicyclic amines) is 1. The van der Waals surface area contributed by atoms with Crippen molar-refractivity contribution in [3.05, 3.63) is 69.3 Å². The molecule has 2 atom stereocenters. The molecule has 1 aliphatic carbocycles. The van der Waals surface area contributed by atoms with Crippen LogP contribution in [0, 0.1) is 13.8 Å². The van der Waals surface area contributed by atoms with Crippen molar-refractivity contribution in [3.63, 3.8) is 0 Å². The topological polar surface area (TPSA) is 89.4 Å². The quantitative estimate of drug-likeness (QED) is 0.322. The second kappa shape index (κ2) is 11.9. The molecule has 2 aliphatic rings. The maximum Gasteiger partial charge on any atom is 0.411 e. The van der Waals surface area contributed by atoms with Crippen LogP contribution in [-0.4, -0.2) is 56.6 Å². The van der Waals surface area contributed by atoms with Crippen LogP contribution in [0.3, 0.4) is 0 Å². The number of ether oxygens (including phenoxy) is 1. The van der Waals surface area contributed by atoms with Crippen molar-refractivity contribution in [1.29, 1.82) is 0 Å². The first kappa shape index (κ1) is 30.4. The highest BCUT2D eigenvalue weighted by Crippen LogP contribution is 2.42. The molecular formula is C32H39Cl2N5O3. The van der Waals surface area contributed by atoms with E-state index in [1.54, 1.807) is 29.1 Å². The fraction of sp³-hybridized carbons (Fsp3) is 0.500. The molecule has 42 heavy (non-hydrogen) atoms. The number of nitrogens with zero attached hydrogens (tertiary/aromatic N) is 4. The number of halogens is 2. The zero-order chi connectivity index (χ0) is 30.2. The summed E-state index contributed by atoms with van der Waals surface area (Å²) in [5, 5.41) is 12.9. The van der Waals surface area contributed by atoms with Gasteiger partial charge in [-0.1, -0.05) is 65.0 Å². The number of aryl methyl sites for hydroxylation is 2. The third-order valence-corrected chi connectivity index (χ3v) is 8.80. The van der Waals surface area contributed by atoms with E-state index in [2.05, 4.69) is 47.7 Å². The molecular weight excluding hydrogens is 573 g/mol. The van der Waals surface area contributed by atoms with Crippen LogP contribution < -0.4 is 5.32 Å². The molecule has 1 N–H and O–H groups in total. The molecule has 224 valence electrons. The third kappa shape index (κ3) is 6.60. The monoisotopic (exact) mass is 611 g/mol. The maximum atomic E-state index is 13.8. The Balaban J connectivity index is 1.37. The Hall–Kier alpha value is -3.10. The Morgan fingerprint density at radius 3 is 2.40 bits per heavy atom. The molecule has 10 heteroatoms. The van der Waals surface area contributed by atoms with E-state index in [1.807, 2.05) is 20.8 Å². The van der Waals surface area contributed by atoms with Crippen molar-refractivity contribution in [3.8, 4) is 11.3 Å². The van der Waals surface area contributed by atoms with Crippen LogP contribution in [0.4, 0.5) is 4.79 Å². The van der Waals surface area contributed by atoms with Crippen molar-refractivity contribution in [2.45, 2.75) is 89.8 Å². The van der Waals surface area contributed by atoms with E-state index in [0.29, 0.717) is 28.7 Å². The molecule has 1 aromatic heterocycles. The van der Waals surface area contributed by atoms with Gasteiger partial charge in [-0.2, -0.15) is 0 Å². The molecule has 1 saturated carbocycles. The van der Waals surface area contributed by atoms with Crippen LogP contribution in [0.5, 0.6) is 0 Å². The first-order valence-electron chi connectivity index (χ1n) is 14.6. The second-order valence-electron chi connectivity index (χ2n) is 12.8. The van der Waals surface area contributed by atoms with E-state index < -0.39 is 17.7 Å². The van der Waals surface area contributed by atoms with E-state index in [1.165, 1.54) is 21.6 Å². The molecule has 5 rings (SSSR count). The highest BCUT2D eigenvalue weighted by Gasteiger charge is 2.44. The van der Waals surface area contributed by atoms with Crippen molar-refractivity contribution < 1.29 is 14.3 Å². The minimum atomic E-state index is -0.698. The Bertz CT molecular complexity index is 1450. The normalized spacial score (nSPS) is 20.1. The second-order valence-corrected chi connectivity index (χ2v) is 13.7. The molecule has 0 radical (unpaired) electrons. The van der Waals surface area contributed by atoms with Gasteiger partial charge in [-0.05, 0) is 76.8 Å². The van der Waals surface area contributed by atoms with E-state index in [9.17, 15) is 9.59 Å². The van der Waals surface area contributed by atoms with Gasteiger partial charge in [-0.3, -0.25) is 9.69 Å². The Morgan fingerprint density at radius 2 is 1.76 bits per heavy atom. The standard InChI is InChI=1S/C32H39Cl2N5O3/c1-20-8-9-26(21(2)12-20)32(10-6-7-11-32)19-35-29(40)28-16-25(17-38(28)30(41)42-31(3,4)5)39-18-27(36-37-39)22-13-23(33)15-24(34)14-22/h8-9,12-15,18,25,28H,6-7,10-11,16-17,19H2,1-5H3,(H,35,40)/t25?,28-/m0/s1. The number of aromatic nitrogens is 3. The van der Waals surface area contributed by atoms with Gasteiger partial charge in [0.1, 0.15) is 17.3 Å². The summed E-state index contributed by atoms with van der Waals surface area (Å²) in [6.45, 7) is 10.5. The summed E-state index contributed by atoms with van der Waals surface area (Å²) in [6, 6.07) is 10.8. The summed E-state index contributed by atoms with van der Waals surface area (Å²) in [4.78, 5) is 28.7. The molecule has 1 aliphatic heterocycles. The number of amides is 2. The molecule has 8 nitrogen and oxygen atoms in total. The number of nitrogens with one attached hydrogen (secondary N) is 1. The molecule has 2 heterocycles. The number of benzene rings is 2. The minimum absolute atomic E-state index is 0.110. The summed E-state index contributed by atoms with van der Waals surface area (Å²) in [5.74, 6) is -0.179. The van der Waals surface area contributed by atoms with Gasteiger partial charge in [0.15, 0.2) is 0 Å². The van der Waals surface area contributed by atoms with Gasteiger partial charge in [0, 0.05) is 40.5 Å². The number of rotatable bonds is 6. The summed E-state index contributed by atoms with van der Waals surface area (Å²) in [7, 11) is 0. The number of carbonyl (C=O) groups excluding carboxylic acids is 2. The highest BCUT2D eigenvalue weighted by atomic mass is 35.5. The highest BCUT2D eigenvalue weighted by molar-refractivity contribution is 6.35. The van der Waals surface area contributed by atoms with Gasteiger partial charge in [-0.15, -0.1) is 5.10 Å². The van der Waals surface area contributed by atoms with Crippen LogP contribution in [0.15, 0.2) is 42.6 Å². The third-order valence-electron chi connectivity index (χ3n) is 8.37. The van der Waals surface area contributed by atoms with Gasteiger partial charge in [0.25, 0.3) is 0 Å². The number of carbonyl (C=O) groups is 2. The average molecular weight is 613 g/mol. The van der Waals surface area contributed by atoms with Gasteiger partial charge >= 0.3 is 6.09 Å². The van der Waals surface area contributed by atoms with Gasteiger partial charge in [0.05, 0.1) is 12.2 Å². The lowest BCUT2D eigenvalue weighted by Gasteiger charge is -2.33. The van der Waals surface area contributed by atoms with Crippen molar-refractivity contribution >= 4 is 35.2 Å². The van der Waals surface area contributed by atoms with Crippen LogP contribution in [0.25, 0.3) is 11.3 Å². The molecule has 0 spiro atoms. The SMILES string of the molecule is Cc1ccc(C2(CNC(=O)[C@@H]3CC(n4cc(-c5cc(Cl)cc(Cl)c5)nn4)CN3C(=O)OC(C)(C)C)CCCC2)c(C)c1. The molecule has 2 aromatic carbocycles. The molecule has 2 amide bonds. The lowest BCUT2D eigenvalue weighted by molar-refractivity contribution is -0.125. The van der Waals surface area contributed by atoms with Crippen LogP contribution in [0.1, 0.15) is 75.6 Å². The van der Waals surface area contributed by atoms with Gasteiger partial charge in [0.2, 0.25) is 5.91 Å². The van der Waals surface area contributed by atoms with E-state index in [0.717, 1.165) is 31.2 Å². The van der Waals surface area contributed by atoms with Crippen molar-refractivity contribution in [2.24, 2.45) is 0 Å². The summed E-state index contributed by atoms with van der Waals surface area (Å²) < 4.78 is 7.42. The number of hydrogen-bond acceptors (Lipinski definition) is 5. The van der Waals surface area contributed by atoms with Crippen LogP contribution in [-0.2, 0) is 14.9 Å². The summed E-state index contributed by atoms with van der Waals surface area (Å²) in [5.41, 5.74) is 4.32. The predicted molar refractivity (Wildman–Crippen MR) is 165 cm³/mol. The maximum absolute atomic E-state index is 13.8. The molecule has 1 unspecified atom stereocenters. The Labute approximate surface area is 257 Å². The minimum Gasteiger partial charge on any atom is -0.444 e. The van der Waals surface area contributed by atoms with Gasteiger partial charge < -0.3 is 10.1 Å². The van der Waals surface area contributed by atoms with Crippen molar-refractivity contribution in [1.82, 2.24) is 25.2 Å². The lowest BCUT2D eigenvalue weighted by atomic mass is 9.76. The van der Waals surface area contributed by atoms with Gasteiger partial charge in [-0.25, -0.2) is 9.48 Å². The fourth-order valence-corrected chi connectivity index (χ4v) is 6.97. The molecule has 2 fully saturated rings. The molecule has 3 aromatic rings. The fourth-order valence-electron chi connectivity index (χ4n) is 6.44. The largest absolute Gasteiger partial charge is 0.444 e. The first-order valence-corrected chi connectivity index (χ1v) is 15.3. The molecule has 0 bridgehead atoms. The Kier molecular flexibility index (Phi) is 8.59. The summed E-state index contributed by atoms with van der Waals surface area (Å²) in [6.07, 6.45) is 5.98. The van der Waals surface area contributed by atoms with Crippen LogP contribution >= 0.6 is 23.2 Å². The van der Waals surface area contributed by atoms with E-state index in [4.69, 9.17) is 27.9 Å². The smallest absolute Gasteiger partial charge is 0.411 e. The van der Waals surface area contributed by atoms with E-state index >= 15 is 0 Å². The molecule has 1 saturated heterocycles. The van der Waals surface area contributed by atoms with Crippen LogP contribution in [0.2, 0.25) is 10.0 Å². The zero-order valence-corrected chi connectivity index (χ0v) is 26.4. The average Bonchev–Trinajstić information content (AvgIpc) is 3.66. The lowest BCUT2D eigenvalue weighted by Crippen LogP contribution is -2.50. The van der Waals surface area contributed by atoms with Crippen molar-refractivity contribution in [2.75, 3.05) is 13.1 Å². The predicted octanol–water partition coefficient (Wildman–Crippen LogP) is 7.05. The van der Waals surface area contributed by atoms with E-state index in [-0.39, 0.29) is 23.9 Å². The zero-order valence-electron chi connectivity index (χ0n) is 24.9. The first-order chi connectivity index (χ1) is 19.8.